The number of thiophene rings is 1. The summed E-state index contributed by atoms with van der Waals surface area (Å²) >= 11 is 1.87. The van der Waals surface area contributed by atoms with E-state index < -0.39 is 0 Å². The summed E-state index contributed by atoms with van der Waals surface area (Å²) in [6.45, 7) is 0. The van der Waals surface area contributed by atoms with E-state index in [4.69, 9.17) is 0 Å². The maximum Gasteiger partial charge on any atom is 0.0540 e. The Kier molecular flexibility index (Phi) is 7.07. The maximum absolute atomic E-state index is 2.44. The fraction of sp³-hybridized carbons (Fsp3) is 0. The molecule has 0 N–H and O–H groups in total. The highest BCUT2D eigenvalue weighted by atomic mass is 32.1. The molecule has 1 nitrogen and oxygen atoms in total. The summed E-state index contributed by atoms with van der Waals surface area (Å²) < 4.78 is 2.63. The second-order valence-corrected chi connectivity index (χ2v) is 13.2. The van der Waals surface area contributed by atoms with Gasteiger partial charge in [-0.3, -0.25) is 0 Å². The highest BCUT2D eigenvalue weighted by molar-refractivity contribution is 7.25. The van der Waals surface area contributed by atoms with Crippen LogP contribution in [-0.4, -0.2) is 0 Å². The molecular formula is C46H31NS. The quantitative estimate of drug-likeness (QED) is 0.177. The third-order valence-electron chi connectivity index (χ3n) is 9.28. The summed E-state index contributed by atoms with van der Waals surface area (Å²) in [5.74, 6) is 0. The molecule has 0 saturated heterocycles. The molecule has 1 aromatic heterocycles. The molecule has 0 aliphatic carbocycles. The lowest BCUT2D eigenvalue weighted by Gasteiger charge is -2.29. The summed E-state index contributed by atoms with van der Waals surface area (Å²) in [4.78, 5) is 2.44. The van der Waals surface area contributed by atoms with Crippen LogP contribution < -0.4 is 4.90 Å². The molecule has 9 aromatic rings. The SMILES string of the molecule is c1ccc(-c2ccc(-c3ccccc3N(c3ccc(-c4ccccc4)cc3)c3cccc4cc5c(cc34)sc3ccccc35)cc2)cc1. The molecule has 8 aromatic carbocycles. The first-order chi connectivity index (χ1) is 23.8. The van der Waals surface area contributed by atoms with Gasteiger partial charge in [-0.15, -0.1) is 11.3 Å². The van der Waals surface area contributed by atoms with Crippen molar-refractivity contribution in [1.29, 1.82) is 0 Å². The summed E-state index contributed by atoms with van der Waals surface area (Å²) in [7, 11) is 0. The molecule has 48 heavy (non-hydrogen) atoms. The number of rotatable bonds is 6. The topological polar surface area (TPSA) is 3.24 Å². The van der Waals surface area contributed by atoms with E-state index in [0.717, 1.165) is 17.1 Å². The Morgan fingerprint density at radius 2 is 0.896 bits per heavy atom. The standard InChI is InChI=1S/C46H31NS/c1-3-12-32(13-4-1)34-22-24-36(25-23-34)39-17-7-9-19-43(39)47(38-28-26-35(27-29-38)33-14-5-2-6-15-33)44-20-11-16-37-30-42-40-18-8-10-21-45(40)48-46(42)31-41(37)44/h1-31H. The predicted octanol–water partition coefficient (Wildman–Crippen LogP) is 13.7. The molecule has 0 spiro atoms. The lowest BCUT2D eigenvalue weighted by molar-refractivity contribution is 1.30. The van der Waals surface area contributed by atoms with Crippen LogP contribution in [0.5, 0.6) is 0 Å². The van der Waals surface area contributed by atoms with Gasteiger partial charge in [-0.2, -0.15) is 0 Å². The average Bonchev–Trinajstić information content (AvgIpc) is 3.53. The molecular weight excluding hydrogens is 599 g/mol. The molecule has 226 valence electrons. The van der Waals surface area contributed by atoms with Crippen LogP contribution in [0.25, 0.3) is 64.3 Å². The molecule has 0 aliphatic rings. The van der Waals surface area contributed by atoms with Gasteiger partial charge in [0.25, 0.3) is 0 Å². The minimum absolute atomic E-state index is 1.12. The minimum atomic E-state index is 1.12. The summed E-state index contributed by atoms with van der Waals surface area (Å²) in [5, 5.41) is 5.11. The van der Waals surface area contributed by atoms with Gasteiger partial charge in [0.15, 0.2) is 0 Å². The van der Waals surface area contributed by atoms with Crippen LogP contribution in [0.1, 0.15) is 0 Å². The van der Waals surface area contributed by atoms with Crippen molar-refractivity contribution in [3.63, 3.8) is 0 Å². The Morgan fingerprint density at radius 3 is 1.62 bits per heavy atom. The van der Waals surface area contributed by atoms with E-state index in [0.29, 0.717) is 0 Å². The van der Waals surface area contributed by atoms with Crippen molar-refractivity contribution in [2.45, 2.75) is 0 Å². The fourth-order valence-corrected chi connectivity index (χ4v) is 8.03. The number of fused-ring (bicyclic) bond motifs is 4. The van der Waals surface area contributed by atoms with Crippen LogP contribution >= 0.6 is 11.3 Å². The third-order valence-corrected chi connectivity index (χ3v) is 10.4. The van der Waals surface area contributed by atoms with Crippen LogP contribution in [0.2, 0.25) is 0 Å². The number of hydrogen-bond acceptors (Lipinski definition) is 2. The van der Waals surface area contributed by atoms with Gasteiger partial charge in [0.05, 0.1) is 11.4 Å². The third kappa shape index (κ3) is 5.04. The van der Waals surface area contributed by atoms with Gasteiger partial charge in [-0.05, 0) is 75.7 Å². The Labute approximate surface area is 284 Å². The maximum atomic E-state index is 2.44. The molecule has 0 amide bonds. The van der Waals surface area contributed by atoms with Gasteiger partial charge >= 0.3 is 0 Å². The largest absolute Gasteiger partial charge is 0.309 e. The van der Waals surface area contributed by atoms with E-state index in [1.165, 1.54) is 64.3 Å². The van der Waals surface area contributed by atoms with E-state index in [1.54, 1.807) is 0 Å². The van der Waals surface area contributed by atoms with E-state index in [2.05, 4.69) is 193 Å². The van der Waals surface area contributed by atoms with E-state index in [-0.39, 0.29) is 0 Å². The second-order valence-electron chi connectivity index (χ2n) is 12.2. The van der Waals surface area contributed by atoms with Crippen LogP contribution in [-0.2, 0) is 0 Å². The summed E-state index contributed by atoms with van der Waals surface area (Å²) in [6.07, 6.45) is 0. The minimum Gasteiger partial charge on any atom is -0.309 e. The molecule has 0 unspecified atom stereocenters. The molecule has 0 fully saturated rings. The first-order valence-electron chi connectivity index (χ1n) is 16.3. The van der Waals surface area contributed by atoms with Gasteiger partial charge in [0.1, 0.15) is 0 Å². The Hall–Kier alpha value is -5.96. The van der Waals surface area contributed by atoms with Gasteiger partial charge < -0.3 is 4.90 Å². The van der Waals surface area contributed by atoms with Crippen LogP contribution in [0.4, 0.5) is 17.1 Å². The first kappa shape index (κ1) is 28.3. The summed E-state index contributed by atoms with van der Waals surface area (Å²) in [6, 6.07) is 68.1. The zero-order valence-corrected chi connectivity index (χ0v) is 27.1. The smallest absolute Gasteiger partial charge is 0.0540 e. The lowest BCUT2D eigenvalue weighted by atomic mass is 9.97. The van der Waals surface area contributed by atoms with Crippen molar-refractivity contribution in [2.24, 2.45) is 0 Å². The number of nitrogens with zero attached hydrogens (tertiary/aromatic N) is 1. The fourth-order valence-electron chi connectivity index (χ4n) is 6.90. The van der Waals surface area contributed by atoms with Crippen molar-refractivity contribution in [1.82, 2.24) is 0 Å². The van der Waals surface area contributed by atoms with Crippen LogP contribution in [0.3, 0.4) is 0 Å². The van der Waals surface area contributed by atoms with Crippen molar-refractivity contribution >= 4 is 59.3 Å². The molecule has 0 atom stereocenters. The van der Waals surface area contributed by atoms with Gasteiger partial charge in [0.2, 0.25) is 0 Å². The van der Waals surface area contributed by atoms with Crippen molar-refractivity contribution < 1.29 is 0 Å². The molecule has 0 radical (unpaired) electrons. The molecule has 2 heteroatoms. The Bertz CT molecular complexity index is 2530. The molecule has 0 bridgehead atoms. The number of hydrogen-bond donors (Lipinski definition) is 0. The highest BCUT2D eigenvalue weighted by Crippen LogP contribution is 2.46. The number of benzene rings is 8. The predicted molar refractivity (Wildman–Crippen MR) is 208 cm³/mol. The van der Waals surface area contributed by atoms with E-state index in [1.807, 2.05) is 11.3 Å². The van der Waals surface area contributed by atoms with Crippen molar-refractivity contribution in [2.75, 3.05) is 4.90 Å². The molecule has 0 saturated carbocycles. The number of anilines is 3. The monoisotopic (exact) mass is 629 g/mol. The highest BCUT2D eigenvalue weighted by Gasteiger charge is 2.20. The van der Waals surface area contributed by atoms with Gasteiger partial charge in [-0.1, -0.05) is 146 Å². The van der Waals surface area contributed by atoms with E-state index in [9.17, 15) is 0 Å². The second kappa shape index (κ2) is 12.0. The first-order valence-corrected chi connectivity index (χ1v) is 17.2. The average molecular weight is 630 g/mol. The molecule has 1 heterocycles. The van der Waals surface area contributed by atoms with Crippen LogP contribution in [0, 0.1) is 0 Å². The van der Waals surface area contributed by atoms with E-state index >= 15 is 0 Å². The molecule has 0 aliphatic heterocycles. The zero-order chi connectivity index (χ0) is 31.9. The van der Waals surface area contributed by atoms with Crippen molar-refractivity contribution in [3.05, 3.63) is 188 Å². The Balaban J connectivity index is 1.24. The zero-order valence-electron chi connectivity index (χ0n) is 26.3. The van der Waals surface area contributed by atoms with Gasteiger partial charge in [-0.25, -0.2) is 0 Å². The summed E-state index contributed by atoms with van der Waals surface area (Å²) in [5.41, 5.74) is 10.6. The number of para-hydroxylation sites is 1. The van der Waals surface area contributed by atoms with Crippen molar-refractivity contribution in [3.8, 4) is 33.4 Å². The molecule has 9 rings (SSSR count). The lowest BCUT2D eigenvalue weighted by Crippen LogP contribution is -2.11. The Morgan fingerprint density at radius 1 is 0.333 bits per heavy atom. The normalized spacial score (nSPS) is 11.3. The van der Waals surface area contributed by atoms with Gasteiger partial charge in [0, 0.05) is 36.8 Å². The van der Waals surface area contributed by atoms with Crippen LogP contribution in [0.15, 0.2) is 188 Å².